The van der Waals surface area contributed by atoms with Crippen molar-refractivity contribution in [2.24, 2.45) is 0 Å². The first kappa shape index (κ1) is 23.5. The molecule has 2 aromatic rings. The molecule has 32 heavy (non-hydrogen) atoms. The van der Waals surface area contributed by atoms with Crippen LogP contribution in [0.2, 0.25) is 0 Å². The summed E-state index contributed by atoms with van der Waals surface area (Å²) >= 11 is 0. The number of hydrogen-bond acceptors (Lipinski definition) is 2. The number of unbranched alkanes of at least 4 members (excludes halogenated alkanes) is 1. The average molecular weight is 437 g/mol. The third-order valence-electron chi connectivity index (χ3n) is 6.33. The van der Waals surface area contributed by atoms with Crippen molar-refractivity contribution in [2.75, 3.05) is 0 Å². The highest BCUT2D eigenvalue weighted by atomic mass is 19.1. The number of amides is 1. The van der Waals surface area contributed by atoms with Gasteiger partial charge in [-0.25, -0.2) is 14.0 Å². The van der Waals surface area contributed by atoms with Crippen LogP contribution in [0.3, 0.4) is 0 Å². The zero-order valence-corrected chi connectivity index (χ0v) is 18.4. The van der Waals surface area contributed by atoms with E-state index in [1.54, 1.807) is 17.0 Å². The number of halogens is 1. The summed E-state index contributed by atoms with van der Waals surface area (Å²) in [5, 5.41) is 10.1. The molecule has 0 radical (unpaired) electrons. The van der Waals surface area contributed by atoms with Crippen molar-refractivity contribution in [3.05, 3.63) is 65.3 Å². The highest BCUT2D eigenvalue weighted by Gasteiger charge is 2.46. The van der Waals surface area contributed by atoms with Gasteiger partial charge in [0.15, 0.2) is 5.69 Å². The summed E-state index contributed by atoms with van der Waals surface area (Å²) in [6.07, 6.45) is 5.43. The van der Waals surface area contributed by atoms with E-state index in [1.165, 1.54) is 18.2 Å². The topological polar surface area (TPSA) is 62.0 Å². The average Bonchev–Trinajstić information content (AvgIpc) is 2.81. The Hall–Kier alpha value is -3.20. The molecule has 1 fully saturated rings. The lowest BCUT2D eigenvalue weighted by molar-refractivity contribution is -0.163. The van der Waals surface area contributed by atoms with Gasteiger partial charge in [-0.1, -0.05) is 62.9 Å². The smallest absolute Gasteiger partial charge is 0.329 e. The molecule has 0 saturated heterocycles. The molecular formula is C26H29FN2O3. The molecule has 0 aromatic heterocycles. The van der Waals surface area contributed by atoms with Gasteiger partial charge in [0.2, 0.25) is 5.91 Å². The van der Waals surface area contributed by atoms with Crippen molar-refractivity contribution < 1.29 is 19.1 Å². The first-order valence-electron chi connectivity index (χ1n) is 11.2. The molecular weight excluding hydrogens is 407 g/mol. The standard InChI is InChI=1S/C26H29FN2O3/c1-3-4-8-24(30)29(26(25(31)32)15-6-5-7-16-26)18-19-9-11-20(12-10-19)22-17-21(27)13-14-23(22)28-2/h9-14,17H,3-8,15-16,18H2,1H3,(H,31,32). The van der Waals surface area contributed by atoms with Gasteiger partial charge in [-0.3, -0.25) is 4.79 Å². The van der Waals surface area contributed by atoms with Gasteiger partial charge in [0.05, 0.1) is 6.57 Å². The monoisotopic (exact) mass is 436 g/mol. The van der Waals surface area contributed by atoms with E-state index < -0.39 is 17.3 Å². The molecule has 0 bridgehead atoms. The minimum Gasteiger partial charge on any atom is -0.479 e. The summed E-state index contributed by atoms with van der Waals surface area (Å²) in [7, 11) is 0. The minimum absolute atomic E-state index is 0.124. The predicted molar refractivity (Wildman–Crippen MR) is 122 cm³/mol. The van der Waals surface area contributed by atoms with Crippen LogP contribution < -0.4 is 0 Å². The van der Waals surface area contributed by atoms with E-state index in [0.717, 1.165) is 37.7 Å². The molecule has 2 aromatic carbocycles. The van der Waals surface area contributed by atoms with Gasteiger partial charge in [0.1, 0.15) is 11.4 Å². The number of rotatable bonds is 8. The Morgan fingerprint density at radius 3 is 2.41 bits per heavy atom. The molecule has 1 N–H and O–H groups in total. The number of carboxylic acid groups (broad SMARTS) is 1. The zero-order valence-electron chi connectivity index (χ0n) is 18.4. The summed E-state index contributed by atoms with van der Waals surface area (Å²) in [6, 6.07) is 11.3. The zero-order chi connectivity index (χ0) is 23.1. The third-order valence-corrected chi connectivity index (χ3v) is 6.33. The third kappa shape index (κ3) is 4.99. The second kappa shape index (κ2) is 10.4. The second-order valence-corrected chi connectivity index (χ2v) is 8.45. The normalized spacial score (nSPS) is 15.0. The summed E-state index contributed by atoms with van der Waals surface area (Å²) in [4.78, 5) is 30.5. The maximum Gasteiger partial charge on any atom is 0.329 e. The molecule has 168 valence electrons. The van der Waals surface area contributed by atoms with Crippen LogP contribution in [0.5, 0.6) is 0 Å². The van der Waals surface area contributed by atoms with E-state index in [-0.39, 0.29) is 12.5 Å². The van der Waals surface area contributed by atoms with Crippen molar-refractivity contribution in [1.82, 2.24) is 4.90 Å². The Labute approximate surface area is 188 Å². The fourth-order valence-electron chi connectivity index (χ4n) is 4.49. The summed E-state index contributed by atoms with van der Waals surface area (Å²) in [5.74, 6) is -1.47. The molecule has 6 heteroatoms. The molecule has 5 nitrogen and oxygen atoms in total. The van der Waals surface area contributed by atoms with Crippen LogP contribution in [0.25, 0.3) is 16.0 Å². The van der Waals surface area contributed by atoms with Crippen LogP contribution in [-0.4, -0.2) is 27.4 Å². The van der Waals surface area contributed by atoms with Crippen LogP contribution in [0.4, 0.5) is 10.1 Å². The van der Waals surface area contributed by atoms with Crippen LogP contribution in [0.15, 0.2) is 42.5 Å². The lowest BCUT2D eigenvalue weighted by Crippen LogP contribution is -2.57. The van der Waals surface area contributed by atoms with E-state index in [2.05, 4.69) is 4.85 Å². The molecule has 3 rings (SSSR count). The van der Waals surface area contributed by atoms with Crippen molar-refractivity contribution >= 4 is 17.6 Å². The number of carboxylic acids is 1. The van der Waals surface area contributed by atoms with E-state index in [9.17, 15) is 19.1 Å². The number of nitrogens with zero attached hydrogens (tertiary/aromatic N) is 2. The van der Waals surface area contributed by atoms with E-state index >= 15 is 0 Å². The fraction of sp³-hybridized carbons (Fsp3) is 0.423. The van der Waals surface area contributed by atoms with Crippen LogP contribution >= 0.6 is 0 Å². The molecule has 1 saturated carbocycles. The largest absolute Gasteiger partial charge is 0.479 e. The van der Waals surface area contributed by atoms with E-state index in [1.807, 2.05) is 19.1 Å². The molecule has 0 atom stereocenters. The predicted octanol–water partition coefficient (Wildman–Crippen LogP) is 6.35. The van der Waals surface area contributed by atoms with Gasteiger partial charge in [-0.2, -0.15) is 0 Å². The maximum atomic E-state index is 13.7. The number of carbonyl (C=O) groups excluding carboxylic acids is 1. The number of benzene rings is 2. The van der Waals surface area contributed by atoms with Crippen LogP contribution in [0, 0.1) is 12.4 Å². The molecule has 0 heterocycles. The Morgan fingerprint density at radius 2 is 1.81 bits per heavy atom. The van der Waals surface area contributed by atoms with Gasteiger partial charge < -0.3 is 10.0 Å². The number of carbonyl (C=O) groups is 2. The van der Waals surface area contributed by atoms with Crippen molar-refractivity contribution in [3.63, 3.8) is 0 Å². The Kier molecular flexibility index (Phi) is 7.63. The molecule has 1 amide bonds. The van der Waals surface area contributed by atoms with Gasteiger partial charge in [-0.05, 0) is 48.1 Å². The number of aliphatic carboxylic acids is 1. The minimum atomic E-state index is -1.17. The van der Waals surface area contributed by atoms with Gasteiger partial charge in [-0.15, -0.1) is 0 Å². The van der Waals surface area contributed by atoms with Crippen molar-refractivity contribution in [2.45, 2.75) is 70.4 Å². The highest BCUT2D eigenvalue weighted by molar-refractivity contribution is 5.87. The van der Waals surface area contributed by atoms with Gasteiger partial charge in [0.25, 0.3) is 0 Å². The summed E-state index contributed by atoms with van der Waals surface area (Å²) in [5.41, 5.74) is 1.22. The Balaban J connectivity index is 1.91. The Morgan fingerprint density at radius 1 is 1.12 bits per heavy atom. The first-order valence-corrected chi connectivity index (χ1v) is 11.2. The lowest BCUT2D eigenvalue weighted by atomic mass is 9.79. The maximum absolute atomic E-state index is 13.7. The van der Waals surface area contributed by atoms with E-state index in [0.29, 0.717) is 36.1 Å². The first-order chi connectivity index (χ1) is 15.4. The summed E-state index contributed by atoms with van der Waals surface area (Å²) in [6.45, 7) is 9.54. The molecule has 1 aliphatic carbocycles. The quantitative estimate of drug-likeness (QED) is 0.491. The lowest BCUT2D eigenvalue weighted by Gasteiger charge is -2.43. The second-order valence-electron chi connectivity index (χ2n) is 8.45. The molecule has 0 aliphatic heterocycles. The van der Waals surface area contributed by atoms with Gasteiger partial charge >= 0.3 is 5.97 Å². The van der Waals surface area contributed by atoms with Crippen LogP contribution in [0.1, 0.15) is 63.9 Å². The summed E-state index contributed by atoms with van der Waals surface area (Å²) < 4.78 is 13.7. The highest BCUT2D eigenvalue weighted by Crippen LogP contribution is 2.37. The van der Waals surface area contributed by atoms with E-state index in [4.69, 9.17) is 6.57 Å². The van der Waals surface area contributed by atoms with Crippen molar-refractivity contribution in [3.8, 4) is 11.1 Å². The van der Waals surface area contributed by atoms with Gasteiger partial charge in [0, 0.05) is 13.0 Å². The molecule has 0 unspecified atom stereocenters. The Bertz CT molecular complexity index is 1000. The fourth-order valence-corrected chi connectivity index (χ4v) is 4.49. The molecule has 1 aliphatic rings. The van der Waals surface area contributed by atoms with Crippen molar-refractivity contribution in [1.29, 1.82) is 0 Å². The SMILES string of the molecule is [C-]#[N+]c1ccc(F)cc1-c1ccc(CN(C(=O)CCCC)C2(C(=O)O)CCCCC2)cc1. The van der Waals surface area contributed by atoms with Crippen LogP contribution in [-0.2, 0) is 16.1 Å². The number of hydrogen-bond donors (Lipinski definition) is 1. The molecule has 0 spiro atoms.